The second-order valence-electron chi connectivity index (χ2n) is 8.65. The van der Waals surface area contributed by atoms with Crippen molar-refractivity contribution in [2.75, 3.05) is 23.3 Å². The molecule has 2 heterocycles. The molecular weight excluding hydrogens is 486 g/mol. The monoisotopic (exact) mass is 513 g/mol. The van der Waals surface area contributed by atoms with Crippen molar-refractivity contribution in [2.45, 2.75) is 38.5 Å². The minimum Gasteiger partial charge on any atom is -0.311 e. The van der Waals surface area contributed by atoms with Gasteiger partial charge < -0.3 is 10.2 Å². The van der Waals surface area contributed by atoms with E-state index in [1.807, 2.05) is 39.0 Å². The Morgan fingerprint density at radius 1 is 1.09 bits per heavy atom. The Bertz CT molecular complexity index is 1350. The third kappa shape index (κ3) is 5.92. The molecule has 184 valence electrons. The summed E-state index contributed by atoms with van der Waals surface area (Å²) in [5.74, 6) is -0.859. The average Bonchev–Trinajstić information content (AvgIpc) is 3.42. The Kier molecular flexibility index (Phi) is 7.29. The molecule has 9 nitrogen and oxygen atoms in total. The highest BCUT2D eigenvalue weighted by molar-refractivity contribution is 7.89. The van der Waals surface area contributed by atoms with Crippen molar-refractivity contribution in [1.29, 1.82) is 0 Å². The van der Waals surface area contributed by atoms with E-state index in [0.29, 0.717) is 23.1 Å². The van der Waals surface area contributed by atoms with Gasteiger partial charge in [-0.3, -0.25) is 9.59 Å². The summed E-state index contributed by atoms with van der Waals surface area (Å²) in [6.07, 6.45) is 0.465. The Morgan fingerprint density at radius 2 is 1.80 bits per heavy atom. The maximum atomic E-state index is 12.8. The molecule has 1 aliphatic heterocycles. The fraction of sp³-hybridized carbons (Fsp3) is 0.333. The number of anilines is 2. The smallest absolute Gasteiger partial charge is 0.240 e. The summed E-state index contributed by atoms with van der Waals surface area (Å²) in [7, 11) is -3.61. The number of nitrogens with zero attached hydrogens (tertiary/aromatic N) is 3. The number of benzene rings is 2. The first-order chi connectivity index (χ1) is 16.6. The molecule has 0 radical (unpaired) electrons. The van der Waals surface area contributed by atoms with Gasteiger partial charge in [0.05, 0.1) is 10.8 Å². The van der Waals surface area contributed by atoms with Gasteiger partial charge in [0.15, 0.2) is 0 Å². The van der Waals surface area contributed by atoms with Crippen LogP contribution < -0.4 is 14.9 Å². The largest absolute Gasteiger partial charge is 0.311 e. The number of carbonyl (C=O) groups excluding carboxylic acids is 2. The van der Waals surface area contributed by atoms with Crippen LogP contribution in [0.3, 0.4) is 0 Å². The van der Waals surface area contributed by atoms with Crippen molar-refractivity contribution in [1.82, 2.24) is 14.9 Å². The van der Waals surface area contributed by atoms with Gasteiger partial charge in [0, 0.05) is 31.6 Å². The van der Waals surface area contributed by atoms with Crippen molar-refractivity contribution in [3.8, 4) is 0 Å². The Labute approximate surface area is 208 Å². The van der Waals surface area contributed by atoms with E-state index in [-0.39, 0.29) is 29.7 Å². The maximum Gasteiger partial charge on any atom is 0.240 e. The summed E-state index contributed by atoms with van der Waals surface area (Å²) in [5, 5.41) is 11.7. The first-order valence-corrected chi connectivity index (χ1v) is 13.5. The minimum absolute atomic E-state index is 0.0855. The van der Waals surface area contributed by atoms with Crippen LogP contribution in [0.1, 0.15) is 28.1 Å². The number of hydrogen-bond acceptors (Lipinski definition) is 7. The van der Waals surface area contributed by atoms with Gasteiger partial charge in [-0.15, -0.1) is 10.2 Å². The van der Waals surface area contributed by atoms with Crippen LogP contribution in [0, 0.1) is 26.7 Å². The molecule has 0 spiro atoms. The summed E-state index contributed by atoms with van der Waals surface area (Å²) in [5.41, 5.74) is 3.84. The summed E-state index contributed by atoms with van der Waals surface area (Å²) >= 11 is 1.18. The number of rotatable bonds is 8. The number of sulfonamides is 1. The first kappa shape index (κ1) is 25.0. The highest BCUT2D eigenvalue weighted by Crippen LogP contribution is 2.29. The van der Waals surface area contributed by atoms with Crippen LogP contribution in [-0.2, 0) is 26.0 Å². The number of aromatic nitrogens is 2. The quantitative estimate of drug-likeness (QED) is 0.478. The standard InChI is InChI=1S/C24H27N5O4S2/c1-15-5-8-19(9-6-15)35(32,33)25-11-10-21-27-28-24(34-21)26-23(31)18-13-22(30)29(14-18)20-12-16(2)4-7-17(20)3/h4-9,12,18,25H,10-11,13-14H2,1-3H3,(H,26,28,31). The zero-order valence-electron chi connectivity index (χ0n) is 19.7. The van der Waals surface area contributed by atoms with Crippen LogP contribution in [0.5, 0.6) is 0 Å². The van der Waals surface area contributed by atoms with E-state index in [0.717, 1.165) is 22.4 Å². The number of nitrogens with one attached hydrogen (secondary N) is 2. The molecule has 1 saturated heterocycles. The molecule has 11 heteroatoms. The molecule has 4 rings (SSSR count). The van der Waals surface area contributed by atoms with E-state index in [1.165, 1.54) is 11.3 Å². The van der Waals surface area contributed by atoms with Crippen LogP contribution in [-0.4, -0.2) is 43.5 Å². The van der Waals surface area contributed by atoms with Crippen molar-refractivity contribution >= 4 is 44.0 Å². The van der Waals surface area contributed by atoms with E-state index in [2.05, 4.69) is 20.2 Å². The van der Waals surface area contributed by atoms with Gasteiger partial charge in [-0.05, 0) is 50.1 Å². The zero-order valence-corrected chi connectivity index (χ0v) is 21.4. The lowest BCUT2D eigenvalue weighted by atomic mass is 10.1. The van der Waals surface area contributed by atoms with Crippen molar-refractivity contribution < 1.29 is 18.0 Å². The lowest BCUT2D eigenvalue weighted by Crippen LogP contribution is -2.28. The van der Waals surface area contributed by atoms with Crippen molar-refractivity contribution in [2.24, 2.45) is 5.92 Å². The SMILES string of the molecule is Cc1ccc(S(=O)(=O)NCCc2nnc(NC(=O)C3CC(=O)N(c4cc(C)ccc4C)C3)s2)cc1. The van der Waals surface area contributed by atoms with Crippen LogP contribution in [0.25, 0.3) is 0 Å². The van der Waals surface area contributed by atoms with E-state index in [1.54, 1.807) is 29.2 Å². The number of amides is 2. The molecule has 0 aliphatic carbocycles. The average molecular weight is 514 g/mol. The van der Waals surface area contributed by atoms with Crippen LogP contribution >= 0.6 is 11.3 Å². The molecule has 0 saturated carbocycles. The summed E-state index contributed by atoms with van der Waals surface area (Å²) in [6.45, 7) is 6.26. The Morgan fingerprint density at radius 3 is 2.54 bits per heavy atom. The van der Waals surface area contributed by atoms with Gasteiger partial charge in [0.1, 0.15) is 5.01 Å². The second kappa shape index (κ2) is 10.2. The van der Waals surface area contributed by atoms with E-state index in [4.69, 9.17) is 0 Å². The molecule has 1 aromatic heterocycles. The normalized spacial score (nSPS) is 16.0. The molecule has 1 fully saturated rings. The lowest BCUT2D eigenvalue weighted by molar-refractivity contribution is -0.122. The molecule has 0 bridgehead atoms. The molecule has 1 atom stereocenters. The molecule has 2 amide bonds. The highest BCUT2D eigenvalue weighted by Gasteiger charge is 2.36. The van der Waals surface area contributed by atoms with Crippen LogP contribution in [0.15, 0.2) is 47.4 Å². The topological polar surface area (TPSA) is 121 Å². The summed E-state index contributed by atoms with van der Waals surface area (Å²) in [6, 6.07) is 12.5. The molecule has 2 N–H and O–H groups in total. The predicted molar refractivity (Wildman–Crippen MR) is 135 cm³/mol. The molecule has 3 aromatic rings. The Hall–Kier alpha value is -3.15. The molecular formula is C24H27N5O4S2. The Balaban J connectivity index is 1.31. The zero-order chi connectivity index (χ0) is 25.2. The van der Waals surface area contributed by atoms with Gasteiger partial charge in [0.25, 0.3) is 0 Å². The summed E-state index contributed by atoms with van der Waals surface area (Å²) < 4.78 is 27.3. The van der Waals surface area contributed by atoms with Crippen molar-refractivity contribution in [3.05, 3.63) is 64.2 Å². The van der Waals surface area contributed by atoms with Crippen LogP contribution in [0.2, 0.25) is 0 Å². The molecule has 35 heavy (non-hydrogen) atoms. The number of aryl methyl sites for hydroxylation is 3. The number of hydrogen-bond donors (Lipinski definition) is 2. The molecule has 2 aromatic carbocycles. The second-order valence-corrected chi connectivity index (χ2v) is 11.5. The van der Waals surface area contributed by atoms with Gasteiger partial charge in [-0.25, -0.2) is 13.1 Å². The van der Waals surface area contributed by atoms with Gasteiger partial charge >= 0.3 is 0 Å². The third-order valence-electron chi connectivity index (χ3n) is 5.81. The van der Waals surface area contributed by atoms with Gasteiger partial charge in [0.2, 0.25) is 27.0 Å². The van der Waals surface area contributed by atoms with E-state index < -0.39 is 15.9 Å². The van der Waals surface area contributed by atoms with Gasteiger partial charge in [-0.2, -0.15) is 0 Å². The minimum atomic E-state index is -3.61. The van der Waals surface area contributed by atoms with Crippen molar-refractivity contribution in [3.63, 3.8) is 0 Å². The molecule has 1 aliphatic rings. The maximum absolute atomic E-state index is 12.8. The lowest BCUT2D eigenvalue weighted by Gasteiger charge is -2.19. The van der Waals surface area contributed by atoms with E-state index >= 15 is 0 Å². The van der Waals surface area contributed by atoms with Crippen LogP contribution in [0.4, 0.5) is 10.8 Å². The fourth-order valence-corrected chi connectivity index (χ4v) is 5.61. The van der Waals surface area contributed by atoms with E-state index in [9.17, 15) is 18.0 Å². The fourth-order valence-electron chi connectivity index (χ4n) is 3.83. The number of carbonyl (C=O) groups is 2. The first-order valence-electron chi connectivity index (χ1n) is 11.2. The molecule has 1 unspecified atom stereocenters. The highest BCUT2D eigenvalue weighted by atomic mass is 32.2. The predicted octanol–water partition coefficient (Wildman–Crippen LogP) is 2.98. The summed E-state index contributed by atoms with van der Waals surface area (Å²) in [4.78, 5) is 27.2. The third-order valence-corrected chi connectivity index (χ3v) is 8.19. The van der Waals surface area contributed by atoms with Gasteiger partial charge in [-0.1, -0.05) is 41.2 Å².